The zero-order chi connectivity index (χ0) is 15.3. The Balaban J connectivity index is 2.77. The number of hydrogen-bond acceptors (Lipinski definition) is 3. The van der Waals surface area contributed by atoms with Gasteiger partial charge in [0.1, 0.15) is 17.6 Å². The molecule has 0 aliphatic rings. The summed E-state index contributed by atoms with van der Waals surface area (Å²) < 4.78 is 26.4. The number of amidine groups is 1. The SMILES string of the molecule is CC(C)C(C(=O)NCc1cc(F)ccc1F)C(N)=NO. The van der Waals surface area contributed by atoms with E-state index in [1.807, 2.05) is 0 Å². The number of carbonyl (C=O) groups is 1. The van der Waals surface area contributed by atoms with E-state index in [4.69, 9.17) is 10.9 Å². The maximum atomic E-state index is 13.4. The number of nitrogens with two attached hydrogens (primary N) is 1. The van der Waals surface area contributed by atoms with E-state index >= 15 is 0 Å². The molecule has 1 amide bonds. The van der Waals surface area contributed by atoms with Crippen molar-refractivity contribution in [1.29, 1.82) is 0 Å². The van der Waals surface area contributed by atoms with E-state index in [2.05, 4.69) is 10.5 Å². The molecule has 0 saturated carbocycles. The van der Waals surface area contributed by atoms with Crippen LogP contribution in [0.1, 0.15) is 19.4 Å². The van der Waals surface area contributed by atoms with Gasteiger partial charge in [-0.25, -0.2) is 8.78 Å². The highest BCUT2D eigenvalue weighted by atomic mass is 19.1. The number of benzene rings is 1. The van der Waals surface area contributed by atoms with Crippen molar-refractivity contribution in [3.05, 3.63) is 35.4 Å². The Hall–Kier alpha value is -2.18. The smallest absolute Gasteiger partial charge is 0.231 e. The van der Waals surface area contributed by atoms with Gasteiger partial charge in [-0.15, -0.1) is 0 Å². The van der Waals surface area contributed by atoms with Gasteiger partial charge in [0, 0.05) is 12.1 Å². The fraction of sp³-hybridized carbons (Fsp3) is 0.385. The summed E-state index contributed by atoms with van der Waals surface area (Å²) in [5, 5.41) is 13.9. The fourth-order valence-electron chi connectivity index (χ4n) is 1.81. The number of nitrogens with one attached hydrogen (secondary N) is 1. The molecule has 1 unspecified atom stereocenters. The molecular weight excluding hydrogens is 268 g/mol. The topological polar surface area (TPSA) is 87.7 Å². The van der Waals surface area contributed by atoms with E-state index in [9.17, 15) is 13.6 Å². The van der Waals surface area contributed by atoms with Crippen LogP contribution in [0, 0.1) is 23.5 Å². The highest BCUT2D eigenvalue weighted by Gasteiger charge is 2.26. The summed E-state index contributed by atoms with van der Waals surface area (Å²) >= 11 is 0. The zero-order valence-electron chi connectivity index (χ0n) is 11.2. The minimum Gasteiger partial charge on any atom is -0.409 e. The molecule has 0 spiro atoms. The van der Waals surface area contributed by atoms with E-state index in [0.717, 1.165) is 18.2 Å². The van der Waals surface area contributed by atoms with Crippen molar-refractivity contribution in [2.24, 2.45) is 22.7 Å². The first-order valence-corrected chi connectivity index (χ1v) is 6.05. The Kier molecular flexibility index (Phi) is 5.42. The van der Waals surface area contributed by atoms with E-state index < -0.39 is 23.5 Å². The standard InChI is InChI=1S/C13H17F2N3O2/c1-7(2)11(12(16)18-20)13(19)17-6-8-5-9(14)3-4-10(8)15/h3-5,7,11,20H,6H2,1-2H3,(H2,16,18)(H,17,19). The van der Waals surface area contributed by atoms with Crippen LogP contribution in [-0.2, 0) is 11.3 Å². The maximum absolute atomic E-state index is 13.4. The molecule has 0 fully saturated rings. The quantitative estimate of drug-likeness (QED) is 0.332. The summed E-state index contributed by atoms with van der Waals surface area (Å²) in [5.41, 5.74) is 5.48. The second kappa shape index (κ2) is 6.83. The van der Waals surface area contributed by atoms with Gasteiger partial charge in [0.2, 0.25) is 5.91 Å². The Morgan fingerprint density at radius 3 is 2.65 bits per heavy atom. The minimum atomic E-state index is -0.836. The van der Waals surface area contributed by atoms with Crippen molar-refractivity contribution in [2.75, 3.05) is 0 Å². The first-order valence-electron chi connectivity index (χ1n) is 6.05. The molecule has 1 atom stereocenters. The summed E-state index contributed by atoms with van der Waals surface area (Å²) in [5.74, 6) is -2.99. The van der Waals surface area contributed by atoms with Crippen molar-refractivity contribution >= 4 is 11.7 Å². The molecule has 110 valence electrons. The maximum Gasteiger partial charge on any atom is 0.231 e. The normalized spacial score (nSPS) is 13.3. The number of hydrogen-bond donors (Lipinski definition) is 3. The van der Waals surface area contributed by atoms with Crippen LogP contribution < -0.4 is 11.1 Å². The molecule has 7 heteroatoms. The third-order valence-corrected chi connectivity index (χ3v) is 2.84. The number of oxime groups is 1. The van der Waals surface area contributed by atoms with Gasteiger partial charge in [0.15, 0.2) is 5.84 Å². The summed E-state index contributed by atoms with van der Waals surface area (Å²) in [4.78, 5) is 12.0. The summed E-state index contributed by atoms with van der Waals surface area (Å²) in [6, 6.07) is 2.98. The minimum absolute atomic E-state index is 0.0281. The average molecular weight is 285 g/mol. The fourth-order valence-corrected chi connectivity index (χ4v) is 1.81. The molecule has 0 saturated heterocycles. The van der Waals surface area contributed by atoms with Gasteiger partial charge >= 0.3 is 0 Å². The van der Waals surface area contributed by atoms with Crippen LogP contribution in [0.3, 0.4) is 0 Å². The van der Waals surface area contributed by atoms with Crippen LogP contribution >= 0.6 is 0 Å². The van der Waals surface area contributed by atoms with Gasteiger partial charge in [-0.3, -0.25) is 4.79 Å². The van der Waals surface area contributed by atoms with Crippen LogP contribution in [0.25, 0.3) is 0 Å². The predicted molar refractivity (Wildman–Crippen MR) is 69.9 cm³/mol. The molecule has 0 aromatic heterocycles. The second-order valence-corrected chi connectivity index (χ2v) is 4.70. The summed E-state index contributed by atoms with van der Waals surface area (Å²) in [6.45, 7) is 3.28. The number of rotatable bonds is 5. The summed E-state index contributed by atoms with van der Waals surface area (Å²) in [6.07, 6.45) is 0. The highest BCUT2D eigenvalue weighted by Crippen LogP contribution is 2.13. The Labute approximate surface area is 115 Å². The van der Waals surface area contributed by atoms with Gasteiger partial charge in [-0.1, -0.05) is 19.0 Å². The second-order valence-electron chi connectivity index (χ2n) is 4.70. The third-order valence-electron chi connectivity index (χ3n) is 2.84. The van der Waals surface area contributed by atoms with Gasteiger partial charge in [-0.2, -0.15) is 0 Å². The first kappa shape index (κ1) is 15.9. The molecule has 20 heavy (non-hydrogen) atoms. The summed E-state index contributed by atoms with van der Waals surface area (Å²) in [7, 11) is 0. The Morgan fingerprint density at radius 1 is 1.45 bits per heavy atom. The van der Waals surface area contributed by atoms with Crippen LogP contribution in [0.15, 0.2) is 23.4 Å². The number of halogens is 2. The first-order chi connectivity index (χ1) is 9.36. The molecule has 0 bridgehead atoms. The molecule has 0 aliphatic heterocycles. The van der Waals surface area contributed by atoms with Crippen molar-refractivity contribution in [2.45, 2.75) is 20.4 Å². The van der Waals surface area contributed by atoms with E-state index in [0.29, 0.717) is 0 Å². The lowest BCUT2D eigenvalue weighted by Crippen LogP contribution is -2.41. The van der Waals surface area contributed by atoms with Gasteiger partial charge in [0.25, 0.3) is 0 Å². The van der Waals surface area contributed by atoms with Crippen LogP contribution in [0.5, 0.6) is 0 Å². The number of carbonyl (C=O) groups excluding carboxylic acids is 1. The molecule has 4 N–H and O–H groups in total. The monoisotopic (exact) mass is 285 g/mol. The Morgan fingerprint density at radius 2 is 2.10 bits per heavy atom. The molecular formula is C13H17F2N3O2. The number of amides is 1. The van der Waals surface area contributed by atoms with Crippen molar-refractivity contribution in [1.82, 2.24) is 5.32 Å². The molecule has 1 aromatic carbocycles. The van der Waals surface area contributed by atoms with Crippen molar-refractivity contribution in [3.8, 4) is 0 Å². The molecule has 5 nitrogen and oxygen atoms in total. The lowest BCUT2D eigenvalue weighted by atomic mass is 9.94. The van der Waals surface area contributed by atoms with Gasteiger partial charge < -0.3 is 16.3 Å². The van der Waals surface area contributed by atoms with Crippen molar-refractivity contribution < 1.29 is 18.8 Å². The largest absolute Gasteiger partial charge is 0.409 e. The van der Waals surface area contributed by atoms with E-state index in [1.54, 1.807) is 13.8 Å². The van der Waals surface area contributed by atoms with Crippen LogP contribution in [0.2, 0.25) is 0 Å². The molecule has 1 aromatic rings. The van der Waals surface area contributed by atoms with E-state index in [1.165, 1.54) is 0 Å². The molecule has 0 aliphatic carbocycles. The van der Waals surface area contributed by atoms with Crippen LogP contribution in [0.4, 0.5) is 8.78 Å². The van der Waals surface area contributed by atoms with Crippen molar-refractivity contribution in [3.63, 3.8) is 0 Å². The lowest BCUT2D eigenvalue weighted by molar-refractivity contribution is -0.124. The average Bonchev–Trinajstić information content (AvgIpc) is 2.39. The van der Waals surface area contributed by atoms with Crippen LogP contribution in [-0.4, -0.2) is 17.0 Å². The predicted octanol–water partition coefficient (Wildman–Crippen LogP) is 1.60. The number of nitrogens with zero attached hydrogens (tertiary/aromatic N) is 1. The van der Waals surface area contributed by atoms with E-state index in [-0.39, 0.29) is 23.9 Å². The highest BCUT2D eigenvalue weighted by molar-refractivity contribution is 6.02. The molecule has 1 rings (SSSR count). The lowest BCUT2D eigenvalue weighted by Gasteiger charge is -2.18. The van der Waals surface area contributed by atoms with Gasteiger partial charge in [-0.05, 0) is 24.1 Å². The van der Waals surface area contributed by atoms with Gasteiger partial charge in [0.05, 0.1) is 0 Å². The Bertz CT molecular complexity index is 518. The molecule has 0 radical (unpaired) electrons. The molecule has 0 heterocycles. The third kappa shape index (κ3) is 3.91. The zero-order valence-corrected chi connectivity index (χ0v) is 11.2.